The Morgan fingerprint density at radius 2 is 2.24 bits per heavy atom. The largest absolute Gasteiger partial charge is 0.345 e. The first-order valence-electron chi connectivity index (χ1n) is 5.85. The van der Waals surface area contributed by atoms with Gasteiger partial charge in [0.2, 0.25) is 0 Å². The van der Waals surface area contributed by atoms with Crippen molar-refractivity contribution in [3.63, 3.8) is 0 Å². The molecule has 1 saturated carbocycles. The number of amides is 1. The first-order chi connectivity index (χ1) is 8.06. The van der Waals surface area contributed by atoms with E-state index in [0.29, 0.717) is 17.7 Å². The van der Waals surface area contributed by atoms with Gasteiger partial charge >= 0.3 is 0 Å². The summed E-state index contributed by atoms with van der Waals surface area (Å²) in [5, 5.41) is 2.97. The summed E-state index contributed by atoms with van der Waals surface area (Å²) >= 11 is 0. The molecule has 0 heterocycles. The van der Waals surface area contributed by atoms with E-state index in [1.807, 2.05) is 0 Å². The van der Waals surface area contributed by atoms with Gasteiger partial charge in [0.05, 0.1) is 5.54 Å². The number of benzene rings is 1. The van der Waals surface area contributed by atoms with Crippen LogP contribution in [-0.4, -0.2) is 18.0 Å². The molecular weight excluding hydrogens is 219 g/mol. The SMILES string of the molecule is Cc1cc(F)ccc1C(=O)NC1(CN)CCC1. The van der Waals surface area contributed by atoms with Crippen LogP contribution < -0.4 is 11.1 Å². The maximum Gasteiger partial charge on any atom is 0.252 e. The fourth-order valence-corrected chi connectivity index (χ4v) is 2.17. The molecule has 1 aliphatic carbocycles. The number of hydrogen-bond acceptors (Lipinski definition) is 2. The highest BCUT2D eigenvalue weighted by Crippen LogP contribution is 2.31. The van der Waals surface area contributed by atoms with Crippen molar-refractivity contribution >= 4 is 5.91 Å². The normalized spacial score (nSPS) is 17.4. The molecular formula is C13H17FN2O. The molecule has 17 heavy (non-hydrogen) atoms. The zero-order chi connectivity index (χ0) is 12.5. The van der Waals surface area contributed by atoms with E-state index in [9.17, 15) is 9.18 Å². The second-order valence-corrected chi connectivity index (χ2v) is 4.75. The Labute approximate surface area is 100 Å². The van der Waals surface area contributed by atoms with Gasteiger partial charge in [0.15, 0.2) is 0 Å². The molecule has 4 heteroatoms. The predicted molar refractivity (Wildman–Crippen MR) is 64.2 cm³/mol. The van der Waals surface area contributed by atoms with Crippen LogP contribution in [0.25, 0.3) is 0 Å². The highest BCUT2D eigenvalue weighted by Gasteiger charge is 2.37. The minimum atomic E-state index is -0.323. The summed E-state index contributed by atoms with van der Waals surface area (Å²) in [5.41, 5.74) is 6.61. The molecule has 0 atom stereocenters. The molecule has 1 aromatic rings. The van der Waals surface area contributed by atoms with Gasteiger partial charge in [0.25, 0.3) is 5.91 Å². The van der Waals surface area contributed by atoms with Crippen molar-refractivity contribution in [3.8, 4) is 0 Å². The van der Waals surface area contributed by atoms with Crippen LogP contribution >= 0.6 is 0 Å². The highest BCUT2D eigenvalue weighted by molar-refractivity contribution is 5.96. The van der Waals surface area contributed by atoms with Gasteiger partial charge in [-0.25, -0.2) is 4.39 Å². The van der Waals surface area contributed by atoms with Crippen LogP contribution in [0.3, 0.4) is 0 Å². The van der Waals surface area contributed by atoms with Gasteiger partial charge in [-0.3, -0.25) is 4.79 Å². The molecule has 2 rings (SSSR count). The van der Waals surface area contributed by atoms with E-state index in [0.717, 1.165) is 19.3 Å². The fourth-order valence-electron chi connectivity index (χ4n) is 2.17. The number of aryl methyl sites for hydroxylation is 1. The second-order valence-electron chi connectivity index (χ2n) is 4.75. The average molecular weight is 236 g/mol. The summed E-state index contributed by atoms with van der Waals surface area (Å²) in [7, 11) is 0. The van der Waals surface area contributed by atoms with E-state index < -0.39 is 0 Å². The smallest absolute Gasteiger partial charge is 0.252 e. The van der Waals surface area contributed by atoms with Gasteiger partial charge in [-0.2, -0.15) is 0 Å². The molecule has 1 aliphatic rings. The summed E-state index contributed by atoms with van der Waals surface area (Å²) in [6.45, 7) is 2.19. The first kappa shape index (κ1) is 12.0. The van der Waals surface area contributed by atoms with E-state index in [2.05, 4.69) is 5.32 Å². The van der Waals surface area contributed by atoms with Gasteiger partial charge in [-0.15, -0.1) is 0 Å². The Balaban J connectivity index is 2.14. The molecule has 3 N–H and O–H groups in total. The molecule has 1 aromatic carbocycles. The third kappa shape index (κ3) is 2.31. The Bertz CT molecular complexity index is 436. The van der Waals surface area contributed by atoms with Crippen molar-refractivity contribution in [2.75, 3.05) is 6.54 Å². The number of nitrogens with two attached hydrogens (primary N) is 1. The van der Waals surface area contributed by atoms with E-state index >= 15 is 0 Å². The van der Waals surface area contributed by atoms with Crippen LogP contribution in [0.1, 0.15) is 35.2 Å². The lowest BCUT2D eigenvalue weighted by Crippen LogP contribution is -2.58. The molecule has 0 aromatic heterocycles. The average Bonchev–Trinajstić information content (AvgIpc) is 2.23. The van der Waals surface area contributed by atoms with Crippen molar-refractivity contribution < 1.29 is 9.18 Å². The molecule has 0 spiro atoms. The third-order valence-electron chi connectivity index (χ3n) is 3.51. The van der Waals surface area contributed by atoms with E-state index in [4.69, 9.17) is 5.73 Å². The molecule has 0 saturated heterocycles. The zero-order valence-electron chi connectivity index (χ0n) is 9.92. The molecule has 0 radical (unpaired) electrons. The molecule has 1 fully saturated rings. The highest BCUT2D eigenvalue weighted by atomic mass is 19.1. The fraction of sp³-hybridized carbons (Fsp3) is 0.462. The van der Waals surface area contributed by atoms with Gasteiger partial charge < -0.3 is 11.1 Å². The number of halogens is 1. The summed E-state index contributed by atoms with van der Waals surface area (Å²) in [4.78, 5) is 12.1. The lowest BCUT2D eigenvalue weighted by Gasteiger charge is -2.41. The maximum absolute atomic E-state index is 12.9. The van der Waals surface area contributed by atoms with Crippen molar-refractivity contribution in [3.05, 3.63) is 35.1 Å². The Hall–Kier alpha value is -1.42. The van der Waals surface area contributed by atoms with Crippen LogP contribution in [-0.2, 0) is 0 Å². The lowest BCUT2D eigenvalue weighted by molar-refractivity contribution is 0.0837. The van der Waals surface area contributed by atoms with E-state index in [-0.39, 0.29) is 17.3 Å². The molecule has 1 amide bonds. The molecule has 0 aliphatic heterocycles. The molecule has 0 unspecified atom stereocenters. The Kier molecular flexibility index (Phi) is 3.15. The van der Waals surface area contributed by atoms with Crippen LogP contribution in [0.15, 0.2) is 18.2 Å². The van der Waals surface area contributed by atoms with Crippen LogP contribution in [0.5, 0.6) is 0 Å². The maximum atomic E-state index is 12.9. The van der Waals surface area contributed by atoms with Crippen LogP contribution in [0, 0.1) is 12.7 Å². The first-order valence-corrected chi connectivity index (χ1v) is 5.85. The molecule has 3 nitrogen and oxygen atoms in total. The van der Waals surface area contributed by atoms with E-state index in [1.54, 1.807) is 6.92 Å². The minimum Gasteiger partial charge on any atom is -0.345 e. The second kappa shape index (κ2) is 4.45. The summed E-state index contributed by atoms with van der Waals surface area (Å²) in [6, 6.07) is 4.19. The third-order valence-corrected chi connectivity index (χ3v) is 3.51. The topological polar surface area (TPSA) is 55.1 Å². The Morgan fingerprint density at radius 3 is 2.71 bits per heavy atom. The van der Waals surface area contributed by atoms with Crippen molar-refractivity contribution in [1.82, 2.24) is 5.32 Å². The number of hydrogen-bond donors (Lipinski definition) is 2. The van der Waals surface area contributed by atoms with Gasteiger partial charge in [-0.1, -0.05) is 0 Å². The van der Waals surface area contributed by atoms with Gasteiger partial charge in [0, 0.05) is 12.1 Å². The summed E-state index contributed by atoms with van der Waals surface area (Å²) in [5.74, 6) is -0.483. The van der Waals surface area contributed by atoms with Crippen molar-refractivity contribution in [1.29, 1.82) is 0 Å². The monoisotopic (exact) mass is 236 g/mol. The van der Waals surface area contributed by atoms with E-state index in [1.165, 1.54) is 18.2 Å². The molecule has 0 bridgehead atoms. The standard InChI is InChI=1S/C13H17FN2O/c1-9-7-10(14)3-4-11(9)12(17)16-13(8-15)5-2-6-13/h3-4,7H,2,5-6,8,15H2,1H3,(H,16,17). The number of nitrogens with one attached hydrogen (secondary N) is 1. The molecule has 92 valence electrons. The number of rotatable bonds is 3. The van der Waals surface area contributed by atoms with Gasteiger partial charge in [-0.05, 0) is 49.9 Å². The summed E-state index contributed by atoms with van der Waals surface area (Å²) in [6.07, 6.45) is 2.95. The van der Waals surface area contributed by atoms with Crippen LogP contribution in [0.4, 0.5) is 4.39 Å². The van der Waals surface area contributed by atoms with Crippen molar-refractivity contribution in [2.24, 2.45) is 5.73 Å². The minimum absolute atomic E-state index is 0.160. The number of carbonyl (C=O) groups excluding carboxylic acids is 1. The quantitative estimate of drug-likeness (QED) is 0.840. The Morgan fingerprint density at radius 1 is 1.53 bits per heavy atom. The lowest BCUT2D eigenvalue weighted by atomic mass is 9.76. The zero-order valence-corrected chi connectivity index (χ0v) is 9.92. The summed E-state index contributed by atoms with van der Waals surface area (Å²) < 4.78 is 12.9. The number of carbonyl (C=O) groups is 1. The van der Waals surface area contributed by atoms with Crippen LogP contribution in [0.2, 0.25) is 0 Å². The van der Waals surface area contributed by atoms with Gasteiger partial charge in [0.1, 0.15) is 5.82 Å². The predicted octanol–water partition coefficient (Wildman–Crippen LogP) is 1.75. The van der Waals surface area contributed by atoms with Crippen molar-refractivity contribution in [2.45, 2.75) is 31.7 Å².